The van der Waals surface area contributed by atoms with Gasteiger partial charge in [0.15, 0.2) is 0 Å². The molecular formula is C35H38N6O5S. The minimum Gasteiger partial charge on any atom is -0.478 e. The molecule has 1 fully saturated rings. The molecular weight excluding hydrogens is 616 g/mol. The van der Waals surface area contributed by atoms with Gasteiger partial charge in [0.25, 0.3) is 0 Å². The third-order valence-electron chi connectivity index (χ3n) is 8.39. The Morgan fingerprint density at radius 3 is 2.45 bits per heavy atom. The number of benzene rings is 3. The maximum atomic E-state index is 14.0. The van der Waals surface area contributed by atoms with Crippen molar-refractivity contribution in [2.45, 2.75) is 62.3 Å². The molecule has 0 saturated heterocycles. The van der Waals surface area contributed by atoms with Crippen LogP contribution in [0.4, 0.5) is 0 Å². The first kappa shape index (κ1) is 32.1. The van der Waals surface area contributed by atoms with Crippen LogP contribution in [0.5, 0.6) is 11.5 Å². The topological polar surface area (TPSA) is 132 Å². The Kier molecular flexibility index (Phi) is 9.50. The van der Waals surface area contributed by atoms with Crippen molar-refractivity contribution in [3.05, 3.63) is 114 Å². The zero-order valence-electron chi connectivity index (χ0n) is 26.4. The van der Waals surface area contributed by atoms with Crippen LogP contribution in [0.2, 0.25) is 0 Å². The molecule has 11 nitrogen and oxygen atoms in total. The van der Waals surface area contributed by atoms with Crippen molar-refractivity contribution in [2.75, 3.05) is 6.54 Å². The smallest absolute Gasteiger partial charge is 0.339 e. The van der Waals surface area contributed by atoms with Gasteiger partial charge in [-0.25, -0.2) is 17.9 Å². The average molecular weight is 655 g/mol. The number of para-hydroxylation sites is 1. The summed E-state index contributed by atoms with van der Waals surface area (Å²) in [5.74, 6) is 0.145. The number of hydrogen-bond donors (Lipinski definition) is 1. The molecule has 1 aliphatic rings. The number of hydrogen-bond acceptors (Lipinski definition) is 7. The number of carboxylic acids is 1. The molecule has 244 valence electrons. The fourth-order valence-electron chi connectivity index (χ4n) is 5.89. The third-order valence-corrected chi connectivity index (χ3v) is 10.3. The zero-order chi connectivity index (χ0) is 33.0. The van der Waals surface area contributed by atoms with Crippen molar-refractivity contribution < 1.29 is 23.1 Å². The van der Waals surface area contributed by atoms with E-state index in [1.807, 2.05) is 60.8 Å². The lowest BCUT2D eigenvalue weighted by molar-refractivity contribution is 0.0695. The second kappa shape index (κ2) is 13.9. The summed E-state index contributed by atoms with van der Waals surface area (Å²) < 4.78 is 38.7. The summed E-state index contributed by atoms with van der Waals surface area (Å²) in [5, 5.41) is 22.7. The average Bonchev–Trinajstić information content (AvgIpc) is 3.51. The van der Waals surface area contributed by atoms with Gasteiger partial charge in [0.2, 0.25) is 10.0 Å². The van der Waals surface area contributed by atoms with E-state index in [2.05, 4.69) is 22.3 Å². The molecule has 12 heteroatoms. The molecule has 1 N–H and O–H groups in total. The fraction of sp³-hybridized carbons (Fsp3) is 0.314. The van der Waals surface area contributed by atoms with Crippen LogP contribution in [0.1, 0.15) is 78.2 Å². The summed E-state index contributed by atoms with van der Waals surface area (Å²) in [6.07, 6.45) is 7.70. The number of nitrogens with zero attached hydrogens (tertiary/aromatic N) is 6. The first-order valence-corrected chi connectivity index (χ1v) is 17.3. The molecule has 47 heavy (non-hydrogen) atoms. The lowest BCUT2D eigenvalue weighted by Crippen LogP contribution is -2.31. The lowest BCUT2D eigenvalue weighted by atomic mass is 10.1. The predicted octanol–water partition coefficient (Wildman–Crippen LogP) is 6.53. The monoisotopic (exact) mass is 654 g/mol. The highest BCUT2D eigenvalue weighted by Gasteiger charge is 2.46. The standard InChI is InChI=1S/C35H38N6O5S/c1-3-4-5-9-19-40(47(44,45)29-17-15-28(16-18-29)46-27-13-7-6-8-14-27)23-25-11-10-12-26(20-25)41-34(32(22-36-41)35(42)43)31-21-30(31)33-24-39(2)38-37-33/h6-8,10-18,20,22,24,30-31H,3-5,9,19,21,23H2,1-2H3,(H,42,43). The normalized spacial score (nSPS) is 16.0. The number of carboxylic acid groups (broad SMARTS) is 1. The molecule has 2 atom stereocenters. The van der Waals surface area contributed by atoms with E-state index in [4.69, 9.17) is 4.74 Å². The Hall–Kier alpha value is -4.81. The summed E-state index contributed by atoms with van der Waals surface area (Å²) >= 11 is 0. The van der Waals surface area contributed by atoms with Crippen molar-refractivity contribution in [2.24, 2.45) is 7.05 Å². The van der Waals surface area contributed by atoms with Gasteiger partial charge in [-0.3, -0.25) is 4.68 Å². The predicted molar refractivity (Wildman–Crippen MR) is 176 cm³/mol. The molecule has 0 amide bonds. The minimum atomic E-state index is -3.85. The van der Waals surface area contributed by atoms with Gasteiger partial charge >= 0.3 is 5.97 Å². The molecule has 0 spiro atoms. The summed E-state index contributed by atoms with van der Waals surface area (Å²) in [4.78, 5) is 12.4. The summed E-state index contributed by atoms with van der Waals surface area (Å²) in [6, 6.07) is 23.3. The van der Waals surface area contributed by atoms with Crippen LogP contribution in [-0.2, 0) is 23.6 Å². The second-order valence-corrected chi connectivity index (χ2v) is 13.8. The maximum Gasteiger partial charge on any atom is 0.339 e. The number of ether oxygens (including phenoxy) is 1. The van der Waals surface area contributed by atoms with Crippen molar-refractivity contribution in [3.8, 4) is 17.2 Å². The molecule has 2 heterocycles. The van der Waals surface area contributed by atoms with Crippen molar-refractivity contribution >= 4 is 16.0 Å². The van der Waals surface area contributed by atoms with Crippen molar-refractivity contribution in [1.82, 2.24) is 29.1 Å². The van der Waals surface area contributed by atoms with Crippen LogP contribution < -0.4 is 4.74 Å². The van der Waals surface area contributed by atoms with Gasteiger partial charge in [0.05, 0.1) is 28.2 Å². The number of aromatic nitrogens is 5. The van der Waals surface area contributed by atoms with Crippen LogP contribution in [0, 0.1) is 0 Å². The van der Waals surface area contributed by atoms with Crippen molar-refractivity contribution in [1.29, 1.82) is 0 Å². The van der Waals surface area contributed by atoms with E-state index < -0.39 is 16.0 Å². The number of unbranched alkanes of at least 4 members (excludes halogenated alkanes) is 3. The summed E-state index contributed by atoms with van der Waals surface area (Å²) in [5.41, 5.74) is 3.00. The largest absolute Gasteiger partial charge is 0.478 e. The third kappa shape index (κ3) is 7.28. The van der Waals surface area contributed by atoms with Crippen LogP contribution in [0.3, 0.4) is 0 Å². The van der Waals surface area contributed by atoms with Crippen molar-refractivity contribution in [3.63, 3.8) is 0 Å². The lowest BCUT2D eigenvalue weighted by Gasteiger charge is -2.23. The number of aromatic carboxylic acids is 1. The molecule has 6 rings (SSSR count). The van der Waals surface area contributed by atoms with E-state index in [0.717, 1.165) is 43.4 Å². The molecule has 1 saturated carbocycles. The number of rotatable bonds is 15. The molecule has 2 aromatic heterocycles. The van der Waals surface area contributed by atoms with E-state index in [0.29, 0.717) is 29.4 Å². The number of sulfonamides is 1. The Balaban J connectivity index is 1.26. The molecule has 0 radical (unpaired) electrons. The van der Waals surface area contributed by atoms with E-state index in [-0.39, 0.29) is 28.8 Å². The van der Waals surface area contributed by atoms with Gasteiger partial charge in [-0.15, -0.1) is 5.10 Å². The van der Waals surface area contributed by atoms with Gasteiger partial charge in [0, 0.05) is 38.2 Å². The van der Waals surface area contributed by atoms with E-state index in [9.17, 15) is 18.3 Å². The highest BCUT2D eigenvalue weighted by Crippen LogP contribution is 2.55. The first-order chi connectivity index (χ1) is 22.7. The quantitative estimate of drug-likeness (QED) is 0.126. The summed E-state index contributed by atoms with van der Waals surface area (Å²) in [6.45, 7) is 2.64. The molecule has 0 bridgehead atoms. The molecule has 3 aromatic carbocycles. The second-order valence-electron chi connectivity index (χ2n) is 11.9. The summed E-state index contributed by atoms with van der Waals surface area (Å²) in [7, 11) is -2.04. The number of carbonyl (C=O) groups is 1. The SMILES string of the molecule is CCCCCCN(Cc1cccc(-n2ncc(C(=O)O)c2C2CC2c2cn(C)nn2)c1)S(=O)(=O)c1ccc(Oc2ccccc2)cc1. The molecule has 0 aliphatic heterocycles. The van der Waals surface area contributed by atoms with Gasteiger partial charge in [-0.05, 0) is 66.9 Å². The van der Waals surface area contributed by atoms with Crippen LogP contribution in [-0.4, -0.2) is 55.1 Å². The van der Waals surface area contributed by atoms with Crippen LogP contribution in [0.25, 0.3) is 5.69 Å². The number of aryl methyl sites for hydroxylation is 1. The van der Waals surface area contributed by atoms with Crippen LogP contribution in [0.15, 0.2) is 96.2 Å². The Bertz CT molecular complexity index is 1940. The van der Waals surface area contributed by atoms with E-state index >= 15 is 0 Å². The molecule has 2 unspecified atom stereocenters. The Morgan fingerprint density at radius 1 is 0.979 bits per heavy atom. The fourth-order valence-corrected chi connectivity index (χ4v) is 7.35. The highest BCUT2D eigenvalue weighted by atomic mass is 32.2. The zero-order valence-corrected chi connectivity index (χ0v) is 27.3. The van der Waals surface area contributed by atoms with E-state index in [1.165, 1.54) is 10.5 Å². The van der Waals surface area contributed by atoms with Crippen LogP contribution >= 0.6 is 0 Å². The minimum absolute atomic E-state index is 0.0497. The van der Waals surface area contributed by atoms with Gasteiger partial charge in [-0.2, -0.15) is 9.40 Å². The van der Waals surface area contributed by atoms with Gasteiger partial charge in [0.1, 0.15) is 17.1 Å². The Morgan fingerprint density at radius 2 is 1.74 bits per heavy atom. The molecule has 5 aromatic rings. The van der Waals surface area contributed by atoms with Gasteiger partial charge < -0.3 is 9.84 Å². The maximum absolute atomic E-state index is 14.0. The highest BCUT2D eigenvalue weighted by molar-refractivity contribution is 7.89. The Labute approximate surface area is 274 Å². The van der Waals surface area contributed by atoms with Gasteiger partial charge in [-0.1, -0.05) is 61.7 Å². The molecule has 1 aliphatic carbocycles. The van der Waals surface area contributed by atoms with E-state index in [1.54, 1.807) is 40.7 Å². The first-order valence-electron chi connectivity index (χ1n) is 15.8.